The lowest BCUT2D eigenvalue weighted by atomic mass is 10.0. The highest BCUT2D eigenvalue weighted by atomic mass is 35.5. The van der Waals surface area contributed by atoms with Crippen LogP contribution in [0.5, 0.6) is 0 Å². The molecule has 0 saturated carbocycles. The number of pyridine rings is 1. The molecule has 4 N–H and O–H groups in total. The highest BCUT2D eigenvalue weighted by Crippen LogP contribution is 2.24. The second-order valence-corrected chi connectivity index (χ2v) is 4.15. The van der Waals surface area contributed by atoms with E-state index in [2.05, 4.69) is 4.98 Å². The van der Waals surface area contributed by atoms with E-state index in [-0.39, 0.29) is 6.04 Å². The van der Waals surface area contributed by atoms with Gasteiger partial charge >= 0.3 is 0 Å². The first kappa shape index (κ1) is 12.7. The van der Waals surface area contributed by atoms with Crippen LogP contribution in [0.15, 0.2) is 12.1 Å². The Labute approximate surface area is 99.8 Å². The van der Waals surface area contributed by atoms with Crippen molar-refractivity contribution in [2.45, 2.75) is 25.3 Å². The molecule has 1 aromatic rings. The third-order valence-corrected chi connectivity index (χ3v) is 2.73. The van der Waals surface area contributed by atoms with Crippen molar-refractivity contribution >= 4 is 23.2 Å². The number of nitrogens with zero attached hydrogens (tertiary/aromatic N) is 1. The first-order valence-electron chi connectivity index (χ1n) is 4.92. The van der Waals surface area contributed by atoms with Crippen molar-refractivity contribution in [1.82, 2.24) is 4.98 Å². The molecular weight excluding hydrogens is 233 g/mol. The third kappa shape index (κ3) is 3.95. The summed E-state index contributed by atoms with van der Waals surface area (Å²) in [5, 5.41) is 0.778. The Bertz CT molecular complexity index is 318. The van der Waals surface area contributed by atoms with Gasteiger partial charge in [-0.15, -0.1) is 0 Å². The molecule has 0 aliphatic heterocycles. The van der Waals surface area contributed by atoms with Gasteiger partial charge in [-0.1, -0.05) is 35.7 Å². The second-order valence-electron chi connectivity index (χ2n) is 3.40. The highest BCUT2D eigenvalue weighted by Gasteiger charge is 2.10. The topological polar surface area (TPSA) is 64.9 Å². The lowest BCUT2D eigenvalue weighted by Crippen LogP contribution is -2.12. The summed E-state index contributed by atoms with van der Waals surface area (Å²) >= 11 is 11.6. The standard InChI is InChI=1S/C10H15Cl2N3/c11-9-5-4-7(10(12)15-9)8(14)3-1-2-6-13/h4-5,8H,1-3,6,13-14H2/t8-/m1/s1. The molecule has 1 atom stereocenters. The molecule has 0 unspecified atom stereocenters. The largest absolute Gasteiger partial charge is 0.330 e. The van der Waals surface area contributed by atoms with Crippen molar-refractivity contribution in [3.63, 3.8) is 0 Å². The van der Waals surface area contributed by atoms with Crippen molar-refractivity contribution < 1.29 is 0 Å². The molecule has 0 fully saturated rings. The van der Waals surface area contributed by atoms with Crippen LogP contribution >= 0.6 is 23.2 Å². The summed E-state index contributed by atoms with van der Waals surface area (Å²) in [6.45, 7) is 0.694. The summed E-state index contributed by atoms with van der Waals surface area (Å²) in [6, 6.07) is 3.44. The van der Waals surface area contributed by atoms with Crippen LogP contribution in [0.25, 0.3) is 0 Å². The second kappa shape index (κ2) is 6.28. The maximum atomic E-state index is 5.98. The van der Waals surface area contributed by atoms with Crippen molar-refractivity contribution in [3.8, 4) is 0 Å². The molecule has 0 aliphatic rings. The molecule has 0 aliphatic carbocycles. The van der Waals surface area contributed by atoms with Crippen molar-refractivity contribution in [3.05, 3.63) is 28.0 Å². The predicted octanol–water partition coefficient (Wildman–Crippen LogP) is 2.52. The summed E-state index contributed by atoms with van der Waals surface area (Å²) in [5.41, 5.74) is 12.2. The van der Waals surface area contributed by atoms with Gasteiger partial charge in [0.15, 0.2) is 0 Å². The van der Waals surface area contributed by atoms with E-state index in [1.165, 1.54) is 0 Å². The third-order valence-electron chi connectivity index (χ3n) is 2.21. The highest BCUT2D eigenvalue weighted by molar-refractivity contribution is 6.32. The van der Waals surface area contributed by atoms with E-state index >= 15 is 0 Å². The predicted molar refractivity (Wildman–Crippen MR) is 64.1 cm³/mol. The Morgan fingerprint density at radius 3 is 2.60 bits per heavy atom. The number of halogens is 2. The number of unbranched alkanes of at least 4 members (excludes halogenated alkanes) is 1. The van der Waals surface area contributed by atoms with Crippen LogP contribution in [0.4, 0.5) is 0 Å². The maximum absolute atomic E-state index is 5.98. The van der Waals surface area contributed by atoms with Gasteiger partial charge in [-0.3, -0.25) is 0 Å². The summed E-state index contributed by atoms with van der Waals surface area (Å²) < 4.78 is 0. The molecule has 0 spiro atoms. The van der Waals surface area contributed by atoms with E-state index in [1.54, 1.807) is 6.07 Å². The van der Waals surface area contributed by atoms with Gasteiger partial charge in [0, 0.05) is 11.6 Å². The van der Waals surface area contributed by atoms with E-state index in [0.29, 0.717) is 16.9 Å². The lowest BCUT2D eigenvalue weighted by Gasteiger charge is -2.12. The minimum Gasteiger partial charge on any atom is -0.330 e. The van der Waals surface area contributed by atoms with Gasteiger partial charge in [0.2, 0.25) is 0 Å². The smallest absolute Gasteiger partial charge is 0.135 e. The van der Waals surface area contributed by atoms with E-state index < -0.39 is 0 Å². The fourth-order valence-electron chi connectivity index (χ4n) is 1.36. The molecule has 0 aromatic carbocycles. The number of aromatic nitrogens is 1. The molecule has 0 amide bonds. The molecule has 1 heterocycles. The van der Waals surface area contributed by atoms with Gasteiger partial charge in [0.05, 0.1) is 0 Å². The first-order valence-corrected chi connectivity index (χ1v) is 5.68. The monoisotopic (exact) mass is 247 g/mol. The maximum Gasteiger partial charge on any atom is 0.135 e. The fraction of sp³-hybridized carbons (Fsp3) is 0.500. The molecular formula is C10H15Cl2N3. The van der Waals surface area contributed by atoms with E-state index in [0.717, 1.165) is 24.8 Å². The molecule has 0 saturated heterocycles. The van der Waals surface area contributed by atoms with Crippen LogP contribution in [0.3, 0.4) is 0 Å². The van der Waals surface area contributed by atoms with Gasteiger partial charge in [0.1, 0.15) is 10.3 Å². The molecule has 0 radical (unpaired) electrons. The molecule has 1 aromatic heterocycles. The summed E-state index contributed by atoms with van der Waals surface area (Å²) in [6.07, 6.45) is 2.84. The Hall–Kier alpha value is -0.350. The Kier molecular flexibility index (Phi) is 5.32. The molecule has 1 rings (SSSR count). The zero-order chi connectivity index (χ0) is 11.3. The normalized spacial score (nSPS) is 12.8. The SMILES string of the molecule is NCCCC[C@@H](N)c1ccc(Cl)nc1Cl. The summed E-state index contributed by atoms with van der Waals surface area (Å²) in [5.74, 6) is 0. The van der Waals surface area contributed by atoms with Gasteiger partial charge in [0.25, 0.3) is 0 Å². The molecule has 5 heteroatoms. The van der Waals surface area contributed by atoms with Crippen LogP contribution in [0, 0.1) is 0 Å². The first-order chi connectivity index (χ1) is 7.15. The Balaban J connectivity index is 2.61. The quantitative estimate of drug-likeness (QED) is 0.621. The number of hydrogen-bond acceptors (Lipinski definition) is 3. The van der Waals surface area contributed by atoms with E-state index in [9.17, 15) is 0 Å². The summed E-state index contributed by atoms with van der Waals surface area (Å²) in [7, 11) is 0. The number of nitrogens with two attached hydrogens (primary N) is 2. The molecule has 0 bridgehead atoms. The van der Waals surface area contributed by atoms with Crippen molar-refractivity contribution in [1.29, 1.82) is 0 Å². The molecule has 15 heavy (non-hydrogen) atoms. The van der Waals surface area contributed by atoms with Gasteiger partial charge in [-0.2, -0.15) is 0 Å². The molecule has 3 nitrogen and oxygen atoms in total. The van der Waals surface area contributed by atoms with Crippen molar-refractivity contribution in [2.75, 3.05) is 6.54 Å². The van der Waals surface area contributed by atoms with E-state index in [4.69, 9.17) is 34.7 Å². The van der Waals surface area contributed by atoms with Crippen LogP contribution in [-0.2, 0) is 0 Å². The minimum atomic E-state index is -0.0891. The minimum absolute atomic E-state index is 0.0891. The van der Waals surface area contributed by atoms with E-state index in [1.807, 2.05) is 6.07 Å². The van der Waals surface area contributed by atoms with Crippen LogP contribution in [-0.4, -0.2) is 11.5 Å². The average Bonchev–Trinajstić information content (AvgIpc) is 2.17. The summed E-state index contributed by atoms with van der Waals surface area (Å²) in [4.78, 5) is 3.95. The fourth-order valence-corrected chi connectivity index (χ4v) is 1.85. The Morgan fingerprint density at radius 2 is 2.00 bits per heavy atom. The number of rotatable bonds is 5. The zero-order valence-corrected chi connectivity index (χ0v) is 9.93. The van der Waals surface area contributed by atoms with Gasteiger partial charge in [-0.25, -0.2) is 4.98 Å². The van der Waals surface area contributed by atoms with Gasteiger partial charge in [-0.05, 0) is 25.5 Å². The van der Waals surface area contributed by atoms with Crippen LogP contribution < -0.4 is 11.5 Å². The lowest BCUT2D eigenvalue weighted by molar-refractivity contribution is 0.590. The van der Waals surface area contributed by atoms with Crippen molar-refractivity contribution in [2.24, 2.45) is 11.5 Å². The zero-order valence-electron chi connectivity index (χ0n) is 8.42. The Morgan fingerprint density at radius 1 is 1.27 bits per heavy atom. The molecule has 84 valence electrons. The number of hydrogen-bond donors (Lipinski definition) is 2. The van der Waals surface area contributed by atoms with Crippen LogP contribution in [0.1, 0.15) is 30.9 Å². The van der Waals surface area contributed by atoms with Crippen LogP contribution in [0.2, 0.25) is 10.3 Å². The average molecular weight is 248 g/mol. The van der Waals surface area contributed by atoms with Gasteiger partial charge < -0.3 is 11.5 Å².